The number of aliphatic carboxylic acids is 1. The highest BCUT2D eigenvalue weighted by atomic mass is 16.4. The molecule has 53 nitrogen and oxygen atoms in total. The molecule has 0 fully saturated rings. The number of primary amides is 3. The lowest BCUT2D eigenvalue weighted by atomic mass is 10.0. The minimum Gasteiger partial charge on any atom is -0.508 e. The molecule has 0 unspecified atom stereocenters. The van der Waals surface area contributed by atoms with Crippen LogP contribution in [0.4, 0.5) is 0 Å². The first-order valence-corrected chi connectivity index (χ1v) is 45.4. The number of hydrogen-bond acceptors (Lipinski definition) is 28. The Morgan fingerprint density at radius 3 is 1.20 bits per heavy atom. The van der Waals surface area contributed by atoms with E-state index in [1.165, 1.54) is 58.2 Å². The number of carboxylic acids is 1. The van der Waals surface area contributed by atoms with Crippen molar-refractivity contribution in [2.24, 2.45) is 46.2 Å². The van der Waals surface area contributed by atoms with E-state index in [4.69, 9.17) is 39.8 Å². The Balaban J connectivity index is 1.35. The molecule has 0 bridgehead atoms. The number of aliphatic hydroxyl groups excluding tert-OH is 3. The number of aliphatic hydroxyl groups is 3. The van der Waals surface area contributed by atoms with Crippen LogP contribution in [0.5, 0.6) is 5.75 Å². The molecule has 0 radical (unpaired) electrons. The number of H-pyrrole nitrogens is 2. The van der Waals surface area contributed by atoms with Crippen LogP contribution in [0.1, 0.15) is 130 Å². The molecule has 5 rings (SSSR count). The van der Waals surface area contributed by atoms with E-state index < -0.39 is 291 Å². The summed E-state index contributed by atoms with van der Waals surface area (Å²) >= 11 is 0. The number of carbonyl (C=O) groups excluding carboxylic acids is 20. The SMILES string of the molecule is CC(C)C[C@H](NC(=O)[C@H](C)NC(=O)[C@@H](NC(=O)CNC(=O)[C@H](CO)NC(=O)CN)[C@@H](C)O)C(=O)NCC(=O)N[C@@H](Cc1c[nH]c2ccccc12)C(=O)N[C@H](C(=O)N[C@H](C(=O)N[C@@H](C)C(=O)N[C@@H](Cc1c[nH]c2ccccc12)C(=O)N[C@@H](CCCCN)C(=O)N[C@@H](CC(N)=O)C(=O)N[C@@H](CC(N)=O)C(=O)N[C@@H](Cc1ccc(O)cc1)C(=O)N[C@@H](CCCNC(=N)N)C(=O)N[C@@H](CC(N)=O)C(=O)O)C(C)C)[C@@H](C)O. The fourth-order valence-corrected chi connectivity index (χ4v) is 14.3. The van der Waals surface area contributed by atoms with Crippen molar-refractivity contribution in [3.63, 3.8) is 0 Å². The molecule has 2 heterocycles. The lowest BCUT2D eigenvalue weighted by Crippen LogP contribution is -2.62. The zero-order valence-corrected chi connectivity index (χ0v) is 79.6. The van der Waals surface area contributed by atoms with Crippen LogP contribution in [0.3, 0.4) is 0 Å². The number of para-hydroxylation sites is 2. The number of carbonyl (C=O) groups is 21. The number of aromatic hydroxyl groups is 1. The fourth-order valence-electron chi connectivity index (χ4n) is 14.3. The molecule has 20 amide bonds. The fraction of sp³-hybridized carbons (Fsp3) is 0.506. The molecule has 0 aliphatic rings. The van der Waals surface area contributed by atoms with Gasteiger partial charge in [-0.05, 0) is 126 Å². The van der Waals surface area contributed by atoms with E-state index in [9.17, 15) is 121 Å². The second kappa shape index (κ2) is 57.8. The first-order valence-electron chi connectivity index (χ1n) is 45.4. The molecule has 778 valence electrons. The van der Waals surface area contributed by atoms with Crippen LogP contribution < -0.4 is 130 Å². The van der Waals surface area contributed by atoms with Gasteiger partial charge in [0.05, 0.1) is 57.7 Å². The molecule has 2 aromatic heterocycles. The number of hydrogen-bond donors (Lipinski definition) is 32. The average molecular weight is 2000 g/mol. The third kappa shape index (κ3) is 39.0. The van der Waals surface area contributed by atoms with Gasteiger partial charge in [-0.25, -0.2) is 4.79 Å². The molecule has 38 N–H and O–H groups in total. The Labute approximate surface area is 814 Å². The van der Waals surface area contributed by atoms with Crippen molar-refractivity contribution < 1.29 is 126 Å². The Morgan fingerprint density at radius 2 is 0.746 bits per heavy atom. The van der Waals surface area contributed by atoms with Crippen LogP contribution in [-0.4, -0.2) is 308 Å². The van der Waals surface area contributed by atoms with E-state index in [0.717, 1.165) is 13.8 Å². The number of carboxylic acid groups (broad SMARTS) is 1. The summed E-state index contributed by atoms with van der Waals surface area (Å²) in [6.07, 6.45) is -4.66. The third-order valence-electron chi connectivity index (χ3n) is 21.9. The van der Waals surface area contributed by atoms with Gasteiger partial charge in [-0.3, -0.25) is 101 Å². The van der Waals surface area contributed by atoms with Crippen molar-refractivity contribution in [2.75, 3.05) is 39.3 Å². The van der Waals surface area contributed by atoms with Gasteiger partial charge in [0.25, 0.3) is 0 Å². The zero-order valence-electron chi connectivity index (χ0n) is 79.6. The number of aromatic amines is 2. The molecule has 142 heavy (non-hydrogen) atoms. The maximum atomic E-state index is 15.0. The summed E-state index contributed by atoms with van der Waals surface area (Å²) in [5.41, 5.74) is 35.3. The predicted molar refractivity (Wildman–Crippen MR) is 507 cm³/mol. The van der Waals surface area contributed by atoms with Crippen LogP contribution in [0.2, 0.25) is 0 Å². The largest absolute Gasteiger partial charge is 0.508 e. The van der Waals surface area contributed by atoms with Gasteiger partial charge in [-0.1, -0.05) is 76.2 Å². The number of unbranched alkanes of at least 4 members (excludes halogenated alkanes) is 1. The van der Waals surface area contributed by atoms with Gasteiger partial charge >= 0.3 is 5.97 Å². The molecule has 0 aliphatic carbocycles. The van der Waals surface area contributed by atoms with Crippen molar-refractivity contribution >= 4 is 152 Å². The van der Waals surface area contributed by atoms with Crippen LogP contribution in [0.25, 0.3) is 21.8 Å². The van der Waals surface area contributed by atoms with E-state index in [1.54, 1.807) is 68.6 Å². The summed E-state index contributed by atoms with van der Waals surface area (Å²) in [4.78, 5) is 293. The van der Waals surface area contributed by atoms with Crippen molar-refractivity contribution in [3.05, 3.63) is 102 Å². The third-order valence-corrected chi connectivity index (χ3v) is 21.9. The summed E-state index contributed by atoms with van der Waals surface area (Å²) in [7, 11) is 0. The average Bonchev–Trinajstić information content (AvgIpc) is 1.66. The maximum Gasteiger partial charge on any atom is 0.326 e. The number of guanidine groups is 1. The van der Waals surface area contributed by atoms with Crippen LogP contribution >= 0.6 is 0 Å². The number of amides is 20. The smallest absolute Gasteiger partial charge is 0.326 e. The molecule has 5 aromatic rings. The minimum absolute atomic E-state index is 0.0303. The number of benzene rings is 3. The lowest BCUT2D eigenvalue weighted by molar-refractivity contribution is -0.144. The zero-order chi connectivity index (χ0) is 106. The molecule has 3 aromatic carbocycles. The summed E-state index contributed by atoms with van der Waals surface area (Å²) in [6, 6.07) is -6.79. The molecule has 0 saturated carbocycles. The normalized spacial score (nSPS) is 14.8. The molecule has 0 aliphatic heterocycles. The molecule has 0 saturated heterocycles. The Kier molecular flexibility index (Phi) is 47.6. The highest BCUT2D eigenvalue weighted by Crippen LogP contribution is 2.23. The van der Waals surface area contributed by atoms with Gasteiger partial charge in [0.15, 0.2) is 5.96 Å². The van der Waals surface area contributed by atoms with Gasteiger partial charge in [-0.15, -0.1) is 0 Å². The second-order valence-electron chi connectivity index (χ2n) is 34.5. The van der Waals surface area contributed by atoms with Gasteiger partial charge in [-0.2, -0.15) is 0 Å². The summed E-state index contributed by atoms with van der Waals surface area (Å²) in [5.74, 6) is -25.5. The quantitative estimate of drug-likeness (QED) is 0.00976. The first-order chi connectivity index (χ1) is 66.9. The van der Waals surface area contributed by atoms with Gasteiger partial charge < -0.3 is 166 Å². The Bertz CT molecular complexity index is 5300. The molecule has 17 atom stereocenters. The van der Waals surface area contributed by atoms with Crippen LogP contribution in [-0.2, 0) is 120 Å². The topological polar surface area (TPSA) is 888 Å². The Morgan fingerprint density at radius 1 is 0.373 bits per heavy atom. The van der Waals surface area contributed by atoms with Crippen molar-refractivity contribution in [1.29, 1.82) is 5.41 Å². The van der Waals surface area contributed by atoms with Gasteiger partial charge in [0.1, 0.15) is 96.4 Å². The predicted octanol–water partition coefficient (Wildman–Crippen LogP) is -10.6. The van der Waals surface area contributed by atoms with E-state index in [-0.39, 0.29) is 81.7 Å². The van der Waals surface area contributed by atoms with Crippen LogP contribution in [0.15, 0.2) is 85.2 Å². The minimum atomic E-state index is -2.07. The number of phenolic OH excluding ortho intramolecular Hbond substituents is 1. The lowest BCUT2D eigenvalue weighted by Gasteiger charge is -2.29. The van der Waals surface area contributed by atoms with Crippen molar-refractivity contribution in [2.45, 2.75) is 235 Å². The molecule has 0 spiro atoms. The van der Waals surface area contributed by atoms with E-state index in [0.29, 0.717) is 32.9 Å². The summed E-state index contributed by atoms with van der Waals surface area (Å²) < 4.78 is 0. The standard InChI is InChI=1S/C89H131N27O26/c1-41(2)28-57(108-74(127)44(6)103-86(139)72(45(7)118)114-70(126)39-101-77(130)64(40-117)105-68(124)35-91)76(129)100-38-69(125)104-59(30-48-36-98-53-18-11-9-16-51(48)53)84(137)116-73(46(8)119)87(140)115-71(42(3)4)85(138)102-43(5)75(128)109-60(31-49-37-99-54-19-12-10-17-52(49)54)81(134)106-55(20-13-14-26-90)78(131)111-61(32-65(92)121)83(136)112-62(33-66(93)122)82(135)110-58(29-47-22-24-50(120)25-23-47)80(133)107-56(21-15-27-97-89(95)96)79(132)113-63(88(141)142)34-67(94)123/h9-12,16-19,22-25,36-37,41-46,55-64,71-73,98-99,117-120H,13-15,20-21,26-35,38-40,90-91H2,1-8H3,(H2,92,121)(H2,93,122)(H2,94,123)(H,100,129)(H,101,130)(H,102,138)(H,103,139)(H,104,125)(H,105,124)(H,106,134)(H,107,133)(H,108,127)(H,109,128)(H,110,135)(H,111,131)(H,112,136)(H,113,132)(H,114,126)(H,115,140)(H,116,137)(H,141,142)(H4,95,96,97)/t43-,44-,45+,46+,55-,56-,57-,58-,59-,60-,61-,62-,63-,64-,71-,72-,73-/m0/s1. The summed E-state index contributed by atoms with van der Waals surface area (Å²) in [5, 5.41) is 103. The molecule has 53 heteroatoms. The number of rotatable bonds is 61. The number of fused-ring (bicyclic) bond motifs is 2. The molecular formula is C89H131N27O26. The number of nitrogens with two attached hydrogens (primary N) is 6. The highest BCUT2D eigenvalue weighted by Gasteiger charge is 2.41. The monoisotopic (exact) mass is 1990 g/mol. The van der Waals surface area contributed by atoms with E-state index in [1.807, 2.05) is 0 Å². The molecular weight excluding hydrogens is 1860 g/mol. The van der Waals surface area contributed by atoms with Crippen LogP contribution in [0, 0.1) is 17.2 Å². The number of phenols is 1. The van der Waals surface area contributed by atoms with Crippen molar-refractivity contribution in [1.82, 2.24) is 106 Å². The van der Waals surface area contributed by atoms with E-state index >= 15 is 4.79 Å². The van der Waals surface area contributed by atoms with Gasteiger partial charge in [0, 0.05) is 60.0 Å². The van der Waals surface area contributed by atoms with Gasteiger partial charge in [0.2, 0.25) is 118 Å². The maximum absolute atomic E-state index is 15.0. The van der Waals surface area contributed by atoms with Crippen molar-refractivity contribution in [3.8, 4) is 5.75 Å². The first kappa shape index (κ1) is 117. The van der Waals surface area contributed by atoms with E-state index in [2.05, 4.69) is 106 Å². The highest BCUT2D eigenvalue weighted by molar-refractivity contribution is 6.03. The number of nitrogens with one attached hydrogen (secondary N) is 21. The number of aromatic nitrogens is 2. The summed E-state index contributed by atoms with van der Waals surface area (Å²) in [6.45, 7) is 8.08. The second-order valence-corrected chi connectivity index (χ2v) is 34.5. The Hall–Kier alpha value is -15.5.